The van der Waals surface area contributed by atoms with Crippen molar-refractivity contribution in [1.29, 1.82) is 0 Å². The van der Waals surface area contributed by atoms with E-state index >= 15 is 0 Å². The van der Waals surface area contributed by atoms with Crippen LogP contribution in [0.1, 0.15) is 26.7 Å². The Hall–Kier alpha value is -0.160. The van der Waals surface area contributed by atoms with Crippen molar-refractivity contribution in [2.45, 2.75) is 51.3 Å². The van der Waals surface area contributed by atoms with E-state index in [0.717, 1.165) is 0 Å². The molecule has 0 aromatic rings. The highest BCUT2D eigenvalue weighted by Crippen LogP contribution is 2.23. The van der Waals surface area contributed by atoms with Crippen LogP contribution in [0.15, 0.2) is 0 Å². The fraction of sp³-hybridized carbons (Fsp3) is 1.00. The van der Waals surface area contributed by atoms with E-state index in [0.29, 0.717) is 12.3 Å². The summed E-state index contributed by atoms with van der Waals surface area (Å²) in [6.07, 6.45) is -2.38. The van der Waals surface area contributed by atoms with E-state index in [2.05, 4.69) is 0 Å². The average Bonchev–Trinajstić information content (AvgIpc) is 1.98. The van der Waals surface area contributed by atoms with Crippen LogP contribution in [0.3, 0.4) is 0 Å². The second kappa shape index (κ2) is 4.37. The second-order valence-corrected chi connectivity index (χ2v) is 4.05. The molecule has 0 bridgehead atoms. The maximum atomic E-state index is 9.52. The zero-order valence-electron chi connectivity index (χ0n) is 8.05. The Labute approximate surface area is 78.1 Å². The predicted molar refractivity (Wildman–Crippen MR) is 47.0 cm³/mol. The summed E-state index contributed by atoms with van der Waals surface area (Å²) in [4.78, 5) is 0. The van der Waals surface area contributed by atoms with Crippen LogP contribution in [0.2, 0.25) is 0 Å². The van der Waals surface area contributed by atoms with E-state index in [9.17, 15) is 15.3 Å². The Morgan fingerprint density at radius 1 is 1.31 bits per heavy atom. The largest absolute Gasteiger partial charge is 0.390 e. The number of ether oxygens (including phenoxy) is 1. The predicted octanol–water partition coefficient (Wildman–Crippen LogP) is -0.138. The number of aliphatic hydroxyl groups excluding tert-OH is 3. The Balaban J connectivity index is 2.50. The Morgan fingerprint density at radius 2 is 1.92 bits per heavy atom. The summed E-state index contributed by atoms with van der Waals surface area (Å²) in [5.41, 5.74) is 0. The van der Waals surface area contributed by atoms with E-state index in [4.69, 9.17) is 4.74 Å². The van der Waals surface area contributed by atoms with E-state index in [-0.39, 0.29) is 6.42 Å². The smallest absolute Gasteiger partial charge is 0.157 e. The van der Waals surface area contributed by atoms with Gasteiger partial charge in [-0.05, 0) is 12.3 Å². The van der Waals surface area contributed by atoms with Crippen molar-refractivity contribution in [3.05, 3.63) is 0 Å². The van der Waals surface area contributed by atoms with Gasteiger partial charge >= 0.3 is 0 Å². The lowest BCUT2D eigenvalue weighted by molar-refractivity contribution is -0.235. The first-order chi connectivity index (χ1) is 6.00. The molecule has 0 radical (unpaired) electrons. The van der Waals surface area contributed by atoms with Gasteiger partial charge in [0.2, 0.25) is 0 Å². The summed E-state index contributed by atoms with van der Waals surface area (Å²) in [7, 11) is 0. The van der Waals surface area contributed by atoms with Crippen LogP contribution in [0.4, 0.5) is 0 Å². The van der Waals surface area contributed by atoms with E-state index in [1.54, 1.807) is 0 Å². The van der Waals surface area contributed by atoms with Gasteiger partial charge in [0.05, 0.1) is 12.2 Å². The highest BCUT2D eigenvalue weighted by Gasteiger charge is 2.35. The maximum Gasteiger partial charge on any atom is 0.157 e. The van der Waals surface area contributed by atoms with E-state index in [1.807, 2.05) is 13.8 Å². The highest BCUT2D eigenvalue weighted by molar-refractivity contribution is 4.82. The molecule has 0 aromatic carbocycles. The molecule has 3 N–H and O–H groups in total. The van der Waals surface area contributed by atoms with Crippen molar-refractivity contribution in [3.63, 3.8) is 0 Å². The number of aliphatic hydroxyl groups is 3. The molecule has 0 aliphatic carbocycles. The van der Waals surface area contributed by atoms with Gasteiger partial charge in [0.15, 0.2) is 6.29 Å². The van der Waals surface area contributed by atoms with Crippen molar-refractivity contribution < 1.29 is 20.1 Å². The van der Waals surface area contributed by atoms with E-state index in [1.165, 1.54) is 0 Å². The minimum atomic E-state index is -0.942. The molecular weight excluding hydrogens is 172 g/mol. The quantitative estimate of drug-likeness (QED) is 0.567. The van der Waals surface area contributed by atoms with Gasteiger partial charge in [-0.2, -0.15) is 0 Å². The number of rotatable bonds is 2. The summed E-state index contributed by atoms with van der Waals surface area (Å²) >= 11 is 0. The molecule has 4 atom stereocenters. The lowest BCUT2D eigenvalue weighted by atomic mass is 9.94. The summed E-state index contributed by atoms with van der Waals surface area (Å²) in [5.74, 6) is 0.372. The fourth-order valence-corrected chi connectivity index (χ4v) is 1.59. The first-order valence-electron chi connectivity index (χ1n) is 4.70. The Bertz CT molecular complexity index is 158. The van der Waals surface area contributed by atoms with Crippen LogP contribution < -0.4 is 0 Å². The summed E-state index contributed by atoms with van der Waals surface area (Å²) in [5, 5.41) is 28.0. The monoisotopic (exact) mass is 190 g/mol. The van der Waals surface area contributed by atoms with Crippen molar-refractivity contribution in [3.8, 4) is 0 Å². The van der Waals surface area contributed by atoms with Gasteiger partial charge in [-0.15, -0.1) is 0 Å². The van der Waals surface area contributed by atoms with Gasteiger partial charge in [-0.1, -0.05) is 13.8 Å². The van der Waals surface area contributed by atoms with Gasteiger partial charge in [-0.3, -0.25) is 0 Å². The molecule has 0 saturated carbocycles. The number of hydrogen-bond acceptors (Lipinski definition) is 4. The van der Waals surface area contributed by atoms with E-state index < -0.39 is 24.6 Å². The van der Waals surface area contributed by atoms with Crippen molar-refractivity contribution in [1.82, 2.24) is 0 Å². The topological polar surface area (TPSA) is 69.9 Å². The van der Waals surface area contributed by atoms with Gasteiger partial charge in [0.1, 0.15) is 6.10 Å². The van der Waals surface area contributed by atoms with Crippen LogP contribution in [0, 0.1) is 5.92 Å². The molecule has 1 aliphatic heterocycles. The summed E-state index contributed by atoms with van der Waals surface area (Å²) in [6, 6.07) is 0. The standard InChI is InChI=1S/C9H18O4/c1-5(2)3-7-9(12)6(10)4-8(11)13-7/h5-12H,3-4H2,1-2H3/t6-,7-,8?,9+/m1/s1. The lowest BCUT2D eigenvalue weighted by Gasteiger charge is -2.35. The minimum Gasteiger partial charge on any atom is -0.390 e. The summed E-state index contributed by atoms with van der Waals surface area (Å²) in [6.45, 7) is 4.01. The van der Waals surface area contributed by atoms with Crippen LogP contribution >= 0.6 is 0 Å². The molecule has 1 rings (SSSR count). The van der Waals surface area contributed by atoms with Crippen molar-refractivity contribution in [2.24, 2.45) is 5.92 Å². The third kappa shape index (κ3) is 2.91. The van der Waals surface area contributed by atoms with Gasteiger partial charge < -0.3 is 20.1 Å². The maximum absolute atomic E-state index is 9.52. The highest BCUT2D eigenvalue weighted by atomic mass is 16.6. The van der Waals surface area contributed by atoms with Crippen LogP contribution in [-0.2, 0) is 4.74 Å². The van der Waals surface area contributed by atoms with Crippen molar-refractivity contribution in [2.75, 3.05) is 0 Å². The molecule has 0 amide bonds. The van der Waals surface area contributed by atoms with Gasteiger partial charge in [0, 0.05) is 6.42 Å². The zero-order valence-corrected chi connectivity index (χ0v) is 8.05. The van der Waals surface area contributed by atoms with Crippen LogP contribution in [-0.4, -0.2) is 39.9 Å². The molecule has 1 fully saturated rings. The van der Waals surface area contributed by atoms with Crippen molar-refractivity contribution >= 4 is 0 Å². The number of hydrogen-bond donors (Lipinski definition) is 3. The molecule has 0 spiro atoms. The third-order valence-corrected chi connectivity index (χ3v) is 2.25. The van der Waals surface area contributed by atoms with Crippen LogP contribution in [0.25, 0.3) is 0 Å². The van der Waals surface area contributed by atoms with Gasteiger partial charge in [0.25, 0.3) is 0 Å². The first kappa shape index (κ1) is 10.9. The Morgan fingerprint density at radius 3 is 2.46 bits per heavy atom. The average molecular weight is 190 g/mol. The first-order valence-corrected chi connectivity index (χ1v) is 4.70. The van der Waals surface area contributed by atoms with Crippen LogP contribution in [0.5, 0.6) is 0 Å². The fourth-order valence-electron chi connectivity index (χ4n) is 1.59. The summed E-state index contributed by atoms with van der Waals surface area (Å²) < 4.78 is 5.13. The molecule has 4 nitrogen and oxygen atoms in total. The molecule has 4 heteroatoms. The zero-order chi connectivity index (χ0) is 10.0. The normalized spacial score (nSPS) is 41.1. The molecule has 1 unspecified atom stereocenters. The molecule has 1 saturated heterocycles. The molecule has 0 aromatic heterocycles. The van der Waals surface area contributed by atoms with Gasteiger partial charge in [-0.25, -0.2) is 0 Å². The molecule has 1 aliphatic rings. The lowest BCUT2D eigenvalue weighted by Crippen LogP contribution is -2.48. The molecule has 1 heterocycles. The second-order valence-electron chi connectivity index (χ2n) is 4.05. The third-order valence-electron chi connectivity index (χ3n) is 2.25. The molecular formula is C9H18O4. The molecule has 78 valence electrons. The Kier molecular flexibility index (Phi) is 3.67. The SMILES string of the molecule is CC(C)C[C@H]1OC(O)C[C@@H](O)[C@@H]1O. The minimum absolute atomic E-state index is 0.0930. The molecule has 13 heavy (non-hydrogen) atoms.